The molecule has 2 rings (SSSR count). The lowest BCUT2D eigenvalue weighted by atomic mass is 10.0. The van der Waals surface area contributed by atoms with Gasteiger partial charge < -0.3 is 20.2 Å². The van der Waals surface area contributed by atoms with Crippen molar-refractivity contribution in [3.63, 3.8) is 0 Å². The monoisotopic (exact) mass is 330 g/mol. The number of carbonyl (C=O) groups is 1. The van der Waals surface area contributed by atoms with Crippen LogP contribution in [0.3, 0.4) is 0 Å². The molecule has 5 heteroatoms. The van der Waals surface area contributed by atoms with Crippen molar-refractivity contribution in [3.8, 4) is 0 Å². The molecule has 3 N–H and O–H groups in total. The normalized spacial score (nSPS) is 14.8. The number of amides is 1. The quantitative estimate of drug-likeness (QED) is 0.695. The van der Waals surface area contributed by atoms with Gasteiger partial charge in [0.2, 0.25) is 5.91 Å². The molecule has 0 spiro atoms. The Labute approximate surface area is 143 Å². The van der Waals surface area contributed by atoms with E-state index in [1.807, 2.05) is 31.2 Å². The Morgan fingerprint density at radius 3 is 2.71 bits per heavy atom. The molecule has 0 radical (unpaired) electrons. The van der Waals surface area contributed by atoms with E-state index in [1.54, 1.807) is 19.1 Å². The summed E-state index contributed by atoms with van der Waals surface area (Å²) < 4.78 is 5.25. The summed E-state index contributed by atoms with van der Waals surface area (Å²) >= 11 is 0. The molecule has 0 aliphatic rings. The van der Waals surface area contributed by atoms with Crippen molar-refractivity contribution in [2.24, 2.45) is 0 Å². The number of hydrogen-bond acceptors (Lipinski definition) is 4. The predicted molar refractivity (Wildman–Crippen MR) is 94.8 cm³/mol. The van der Waals surface area contributed by atoms with Crippen molar-refractivity contribution in [2.75, 3.05) is 11.9 Å². The fraction of sp³-hybridized carbons (Fsp3) is 0.421. The number of para-hydroxylation sites is 1. The van der Waals surface area contributed by atoms with Gasteiger partial charge in [0.05, 0.1) is 6.26 Å². The Morgan fingerprint density at radius 1 is 1.29 bits per heavy atom. The molecule has 1 amide bonds. The van der Waals surface area contributed by atoms with Crippen LogP contribution in [0.1, 0.15) is 38.5 Å². The second kappa shape index (κ2) is 8.13. The van der Waals surface area contributed by atoms with E-state index in [4.69, 9.17) is 4.42 Å². The summed E-state index contributed by atoms with van der Waals surface area (Å²) in [5.41, 5.74) is 0.871. The zero-order valence-electron chi connectivity index (χ0n) is 14.5. The molecule has 0 bridgehead atoms. The van der Waals surface area contributed by atoms with Gasteiger partial charge >= 0.3 is 0 Å². The molecule has 24 heavy (non-hydrogen) atoms. The van der Waals surface area contributed by atoms with Crippen LogP contribution in [0.25, 0.3) is 0 Å². The summed E-state index contributed by atoms with van der Waals surface area (Å²) in [6, 6.07) is 11.2. The topological polar surface area (TPSA) is 74.5 Å². The van der Waals surface area contributed by atoms with Gasteiger partial charge in [0.25, 0.3) is 0 Å². The Morgan fingerprint density at radius 2 is 2.04 bits per heavy atom. The average Bonchev–Trinajstić information content (AvgIpc) is 3.09. The fourth-order valence-electron chi connectivity index (χ4n) is 2.55. The highest BCUT2D eigenvalue weighted by molar-refractivity contribution is 5.91. The first-order valence-electron chi connectivity index (χ1n) is 8.30. The van der Waals surface area contributed by atoms with Crippen LogP contribution in [-0.2, 0) is 16.8 Å². The Balaban J connectivity index is 1.83. The maximum Gasteiger partial charge on any atom is 0.225 e. The summed E-state index contributed by atoms with van der Waals surface area (Å²) in [5.74, 6) is 0.456. The van der Waals surface area contributed by atoms with E-state index in [-0.39, 0.29) is 11.9 Å². The Hall–Kier alpha value is -2.11. The van der Waals surface area contributed by atoms with Gasteiger partial charge in [-0.05, 0) is 44.0 Å². The molecule has 5 nitrogen and oxygen atoms in total. The van der Waals surface area contributed by atoms with E-state index < -0.39 is 5.60 Å². The molecule has 1 aromatic heterocycles. The second-order valence-corrected chi connectivity index (χ2v) is 6.30. The van der Waals surface area contributed by atoms with Gasteiger partial charge in [0, 0.05) is 24.7 Å². The highest BCUT2D eigenvalue weighted by atomic mass is 16.4. The summed E-state index contributed by atoms with van der Waals surface area (Å²) in [5, 5.41) is 16.5. The number of nitrogens with one attached hydrogen (secondary N) is 2. The van der Waals surface area contributed by atoms with Gasteiger partial charge in [0.1, 0.15) is 11.4 Å². The molecule has 0 saturated heterocycles. The molecular weight excluding hydrogens is 304 g/mol. The minimum Gasteiger partial charge on any atom is -0.466 e. The van der Waals surface area contributed by atoms with E-state index in [1.165, 1.54) is 6.26 Å². The van der Waals surface area contributed by atoms with Crippen molar-refractivity contribution in [3.05, 3.63) is 54.0 Å². The highest BCUT2D eigenvalue weighted by Gasteiger charge is 2.26. The summed E-state index contributed by atoms with van der Waals surface area (Å²) in [7, 11) is 0. The SMILES string of the molecule is CCc1ccccc1NC(=O)CC(C)NCC(C)(O)c1ccco1. The molecule has 0 fully saturated rings. The third kappa shape index (κ3) is 4.94. The maximum atomic E-state index is 12.2. The Kier molecular flexibility index (Phi) is 6.17. The number of carbonyl (C=O) groups excluding carboxylic acids is 1. The highest BCUT2D eigenvalue weighted by Crippen LogP contribution is 2.20. The van der Waals surface area contributed by atoms with Gasteiger partial charge in [-0.15, -0.1) is 0 Å². The number of rotatable bonds is 8. The molecule has 2 aromatic rings. The van der Waals surface area contributed by atoms with Crippen LogP contribution in [0.2, 0.25) is 0 Å². The Bertz CT molecular complexity index is 650. The van der Waals surface area contributed by atoms with Gasteiger partial charge in [-0.25, -0.2) is 0 Å². The molecule has 2 atom stereocenters. The van der Waals surface area contributed by atoms with E-state index in [2.05, 4.69) is 17.6 Å². The predicted octanol–water partition coefficient (Wildman–Crippen LogP) is 3.06. The van der Waals surface area contributed by atoms with Crippen molar-refractivity contribution < 1.29 is 14.3 Å². The lowest BCUT2D eigenvalue weighted by Crippen LogP contribution is -2.40. The first-order chi connectivity index (χ1) is 11.4. The smallest absolute Gasteiger partial charge is 0.225 e. The van der Waals surface area contributed by atoms with Gasteiger partial charge in [-0.1, -0.05) is 25.1 Å². The van der Waals surface area contributed by atoms with Crippen LogP contribution in [0.5, 0.6) is 0 Å². The van der Waals surface area contributed by atoms with Crippen molar-refractivity contribution in [1.29, 1.82) is 0 Å². The molecule has 0 aliphatic heterocycles. The first-order valence-corrected chi connectivity index (χ1v) is 8.30. The largest absolute Gasteiger partial charge is 0.466 e. The van der Waals surface area contributed by atoms with Crippen molar-refractivity contribution in [1.82, 2.24) is 5.32 Å². The van der Waals surface area contributed by atoms with E-state index in [0.717, 1.165) is 17.7 Å². The van der Waals surface area contributed by atoms with Crippen LogP contribution >= 0.6 is 0 Å². The molecule has 1 aromatic carbocycles. The molecule has 2 unspecified atom stereocenters. The number of aliphatic hydroxyl groups is 1. The van der Waals surface area contributed by atoms with Gasteiger partial charge in [-0.3, -0.25) is 4.79 Å². The summed E-state index contributed by atoms with van der Waals surface area (Å²) in [4.78, 5) is 12.2. The molecule has 0 aliphatic carbocycles. The van der Waals surface area contributed by atoms with Crippen LogP contribution in [0, 0.1) is 0 Å². The summed E-state index contributed by atoms with van der Waals surface area (Å²) in [6.07, 6.45) is 2.73. The van der Waals surface area contributed by atoms with Crippen LogP contribution in [-0.4, -0.2) is 23.6 Å². The standard InChI is InChI=1S/C19H26N2O3/c1-4-15-8-5-6-9-16(15)21-18(22)12-14(2)20-13-19(3,23)17-10-7-11-24-17/h5-11,14,20,23H,4,12-13H2,1-3H3,(H,21,22). The number of furan rings is 1. The van der Waals surface area contributed by atoms with E-state index in [0.29, 0.717) is 18.7 Å². The van der Waals surface area contributed by atoms with Crippen LogP contribution in [0.15, 0.2) is 47.1 Å². The molecule has 1 heterocycles. The van der Waals surface area contributed by atoms with Crippen molar-refractivity contribution >= 4 is 11.6 Å². The number of anilines is 1. The van der Waals surface area contributed by atoms with Crippen LogP contribution in [0.4, 0.5) is 5.69 Å². The number of benzene rings is 1. The van der Waals surface area contributed by atoms with Gasteiger partial charge in [0.15, 0.2) is 0 Å². The molecule has 130 valence electrons. The lowest BCUT2D eigenvalue weighted by molar-refractivity contribution is -0.116. The maximum absolute atomic E-state index is 12.2. The minimum atomic E-state index is -1.11. The third-order valence-electron chi connectivity index (χ3n) is 4.01. The fourth-order valence-corrected chi connectivity index (χ4v) is 2.55. The lowest BCUT2D eigenvalue weighted by Gasteiger charge is -2.24. The number of aryl methyl sites for hydroxylation is 1. The van der Waals surface area contributed by atoms with Crippen LogP contribution < -0.4 is 10.6 Å². The minimum absolute atomic E-state index is 0.0476. The zero-order valence-corrected chi connectivity index (χ0v) is 14.5. The van der Waals surface area contributed by atoms with E-state index in [9.17, 15) is 9.90 Å². The van der Waals surface area contributed by atoms with E-state index >= 15 is 0 Å². The first kappa shape index (κ1) is 18.2. The van der Waals surface area contributed by atoms with Gasteiger partial charge in [-0.2, -0.15) is 0 Å². The molecule has 0 saturated carbocycles. The second-order valence-electron chi connectivity index (χ2n) is 6.30. The number of hydrogen-bond donors (Lipinski definition) is 3. The molecular formula is C19H26N2O3. The van der Waals surface area contributed by atoms with Crippen molar-refractivity contribution in [2.45, 2.75) is 45.3 Å². The summed E-state index contributed by atoms with van der Waals surface area (Å²) in [6.45, 7) is 5.97. The third-order valence-corrected chi connectivity index (χ3v) is 4.01. The zero-order chi connectivity index (χ0) is 17.6. The average molecular weight is 330 g/mol.